The van der Waals surface area contributed by atoms with E-state index in [4.69, 9.17) is 8.83 Å². The molecule has 0 saturated heterocycles. The van der Waals surface area contributed by atoms with Crippen molar-refractivity contribution in [2.75, 3.05) is 19.6 Å². The lowest BCUT2D eigenvalue weighted by atomic mass is 9.81. The van der Waals surface area contributed by atoms with Crippen LogP contribution >= 0.6 is 0 Å². The molecule has 0 unspecified atom stereocenters. The average Bonchev–Trinajstić information content (AvgIpc) is 1.54. The predicted octanol–water partition coefficient (Wildman–Crippen LogP) is 28.8. The quantitative estimate of drug-likeness (QED) is 0.129. The molecule has 4 aliphatic rings. The highest BCUT2D eigenvalue weighted by atomic mass is 16.3. The Labute approximate surface area is 639 Å². The zero-order valence-corrected chi connectivity index (χ0v) is 61.5. The molecule has 0 atom stereocenters. The second-order valence-corrected chi connectivity index (χ2v) is 31.2. The number of para-hydroxylation sites is 5. The molecule has 2 aliphatic carbocycles. The van der Waals surface area contributed by atoms with Crippen molar-refractivity contribution in [1.29, 1.82) is 0 Å². The Balaban J connectivity index is 0.596. The third-order valence-corrected chi connectivity index (χ3v) is 24.1. The van der Waals surface area contributed by atoms with Crippen molar-refractivity contribution < 1.29 is 8.83 Å². The minimum Gasteiger partial charge on any atom is -0.456 e. The smallest absolute Gasteiger partial charge is 0.139 e. The predicted molar refractivity (Wildman–Crippen MR) is 457 cm³/mol. The van der Waals surface area contributed by atoms with E-state index in [0.717, 1.165) is 120 Å². The molecule has 0 radical (unpaired) electrons. The summed E-state index contributed by atoms with van der Waals surface area (Å²) < 4.78 is 13.3. The van der Waals surface area contributed by atoms with E-state index in [2.05, 4.69) is 399 Å². The van der Waals surface area contributed by atoms with Crippen LogP contribution in [0.1, 0.15) is 72.2 Å². The largest absolute Gasteiger partial charge is 0.456 e. The Morgan fingerprint density at radius 2 is 0.709 bits per heavy atom. The van der Waals surface area contributed by atoms with Gasteiger partial charge < -0.3 is 28.4 Å². The van der Waals surface area contributed by atoms with E-state index in [1.54, 1.807) is 0 Å². The Morgan fingerprint density at radius 1 is 0.273 bits per heavy atom. The van der Waals surface area contributed by atoms with Crippen LogP contribution in [-0.4, -0.2) is 0 Å². The summed E-state index contributed by atoms with van der Waals surface area (Å²) in [6.07, 6.45) is 1.67. The Kier molecular flexibility index (Phi) is 14.1. The highest BCUT2D eigenvalue weighted by molar-refractivity contribution is 6.03. The maximum absolute atomic E-state index is 6.71. The van der Waals surface area contributed by atoms with Gasteiger partial charge in [-0.25, -0.2) is 0 Å². The van der Waals surface area contributed by atoms with Crippen molar-refractivity contribution in [3.8, 4) is 56.0 Å². The molecule has 522 valence electrons. The van der Waals surface area contributed by atoms with Crippen LogP contribution < -0.4 is 19.6 Å². The van der Waals surface area contributed by atoms with Crippen LogP contribution in [0.3, 0.4) is 0 Å². The molecular formula is C104H74N4O2. The fourth-order valence-electron chi connectivity index (χ4n) is 18.8. The fraction of sp³-hybridized carbons (Fsp3) is 0.0769. The average molecular weight is 1410 g/mol. The number of anilines is 12. The van der Waals surface area contributed by atoms with Crippen molar-refractivity contribution in [2.45, 2.75) is 51.4 Å². The number of fused-ring (bicyclic) bond motifs is 16. The molecule has 2 aliphatic heterocycles. The van der Waals surface area contributed by atoms with Crippen LogP contribution in [0.4, 0.5) is 68.2 Å². The Hall–Kier alpha value is -13.7. The summed E-state index contributed by atoms with van der Waals surface area (Å²) in [5, 5.41) is 7.09. The van der Waals surface area contributed by atoms with Crippen molar-refractivity contribution in [2.24, 2.45) is 0 Å². The van der Waals surface area contributed by atoms with Gasteiger partial charge in [0.1, 0.15) is 22.7 Å². The lowest BCUT2D eigenvalue weighted by Crippen LogP contribution is -2.18. The number of rotatable bonds is 11. The molecular weight excluding hydrogens is 1340 g/mol. The van der Waals surface area contributed by atoms with Gasteiger partial charge in [-0.2, -0.15) is 0 Å². The maximum Gasteiger partial charge on any atom is 0.139 e. The molecule has 0 spiro atoms. The van der Waals surface area contributed by atoms with Crippen molar-refractivity contribution in [3.63, 3.8) is 0 Å². The summed E-state index contributed by atoms with van der Waals surface area (Å²) in [7, 11) is 0. The molecule has 16 aromatic carbocycles. The van der Waals surface area contributed by atoms with Crippen molar-refractivity contribution in [1.82, 2.24) is 0 Å². The fourth-order valence-corrected chi connectivity index (χ4v) is 18.8. The van der Waals surface area contributed by atoms with Gasteiger partial charge in [0.2, 0.25) is 0 Å². The van der Waals surface area contributed by atoms with Gasteiger partial charge in [0.05, 0.1) is 11.4 Å². The Morgan fingerprint density at radius 3 is 1.33 bits per heavy atom. The second-order valence-electron chi connectivity index (χ2n) is 31.2. The van der Waals surface area contributed by atoms with Crippen LogP contribution in [0.15, 0.2) is 361 Å². The van der Waals surface area contributed by atoms with E-state index in [1.165, 1.54) is 105 Å². The van der Waals surface area contributed by atoms with Crippen molar-refractivity contribution in [3.05, 3.63) is 396 Å². The topological polar surface area (TPSA) is 39.2 Å². The molecule has 0 bridgehead atoms. The lowest BCUT2D eigenvalue weighted by Gasteiger charge is -2.34. The SMILES string of the molecule is CC1(C)c2cc(N(c3ccc(-c4ccc5c(c4)Cc4ccc(-c6ccc7c(N(c8ccc(-c9ccc%10c(c9)Cc9ccccc9N%10c9ccccc9)cc8)c8ccc9c(c8)C(C)(C)c8c-9oc9ccccc89)cccc7c6)cc4N5c4ccccc4)cc3)c3ccc4ccccc4c3)ccc2-c2oc3ccccc3c21. The molecule has 0 fully saturated rings. The first-order chi connectivity index (χ1) is 54.0. The van der Waals surface area contributed by atoms with Gasteiger partial charge in [-0.1, -0.05) is 222 Å². The summed E-state index contributed by atoms with van der Waals surface area (Å²) in [6, 6.07) is 130. The molecule has 4 heterocycles. The molecule has 0 N–H and O–H groups in total. The van der Waals surface area contributed by atoms with Crippen LogP contribution in [-0.2, 0) is 23.7 Å². The van der Waals surface area contributed by atoms with Crippen LogP contribution in [0.25, 0.3) is 99.5 Å². The normalized spacial score (nSPS) is 13.9. The highest BCUT2D eigenvalue weighted by Crippen LogP contribution is 2.58. The number of benzene rings is 16. The first-order valence-electron chi connectivity index (χ1n) is 38.3. The van der Waals surface area contributed by atoms with Crippen molar-refractivity contribution >= 4 is 112 Å². The summed E-state index contributed by atoms with van der Waals surface area (Å²) in [6.45, 7) is 9.38. The first-order valence-corrected chi connectivity index (χ1v) is 38.3. The van der Waals surface area contributed by atoms with E-state index in [9.17, 15) is 0 Å². The minimum atomic E-state index is -0.305. The monoisotopic (exact) mass is 1410 g/mol. The van der Waals surface area contributed by atoms with Crippen LogP contribution in [0.2, 0.25) is 0 Å². The van der Waals surface area contributed by atoms with Crippen LogP contribution in [0, 0.1) is 0 Å². The number of hydrogen-bond acceptors (Lipinski definition) is 6. The summed E-state index contributed by atoms with van der Waals surface area (Å²) in [5.41, 5.74) is 34.5. The van der Waals surface area contributed by atoms with E-state index in [-0.39, 0.29) is 10.8 Å². The molecule has 0 amide bonds. The van der Waals surface area contributed by atoms with Gasteiger partial charge in [0.25, 0.3) is 0 Å². The molecule has 6 nitrogen and oxygen atoms in total. The standard InChI is InChI=1S/C104H74N4O2/c1-103(2)90-63-83(49-52-86(90)101-99(103)88-28-14-17-32-97(88)109-101)105(82-48-40-65-20-11-12-21-68(65)61-82)80-44-36-66(37-45-80)70-43-55-94-77(58-70)60-75-35-34-72(62-96(75)108(94)79-26-9-6-10-27-79)71-41-51-85-73(56-71)23-19-31-95(85)106(84-50-53-87-91(64-84)104(3,4)100-89-29-15-18-33-98(89)110-102(87)100)81-46-38-67(39-47-81)69-42-54-93-76(57-69)59-74-22-13-16-30-92(74)107(93)78-24-7-5-8-25-78/h5-58,61-64H,59-60H2,1-4H3. The molecule has 110 heavy (non-hydrogen) atoms. The second kappa shape index (κ2) is 24.4. The number of nitrogens with zero attached hydrogens (tertiary/aromatic N) is 4. The number of hydrogen-bond donors (Lipinski definition) is 0. The van der Waals surface area contributed by atoms with Gasteiger partial charge >= 0.3 is 0 Å². The molecule has 6 heteroatoms. The van der Waals surface area contributed by atoms with Gasteiger partial charge in [-0.05, 0) is 241 Å². The zero-order chi connectivity index (χ0) is 73.1. The molecule has 0 saturated carbocycles. The van der Waals surface area contributed by atoms with Gasteiger partial charge in [0.15, 0.2) is 0 Å². The summed E-state index contributed by atoms with van der Waals surface area (Å²) in [5.74, 6) is 1.95. The van der Waals surface area contributed by atoms with Gasteiger partial charge in [0, 0.05) is 119 Å². The van der Waals surface area contributed by atoms with Gasteiger partial charge in [-0.15, -0.1) is 0 Å². The highest BCUT2D eigenvalue weighted by Gasteiger charge is 2.43. The lowest BCUT2D eigenvalue weighted by molar-refractivity contribution is 0.619. The number of furan rings is 2. The maximum atomic E-state index is 6.71. The summed E-state index contributed by atoms with van der Waals surface area (Å²) >= 11 is 0. The molecule has 2 aromatic heterocycles. The minimum absolute atomic E-state index is 0.261. The van der Waals surface area contributed by atoms with Crippen LogP contribution in [0.5, 0.6) is 0 Å². The first kappa shape index (κ1) is 63.6. The molecule has 22 rings (SSSR count). The summed E-state index contributed by atoms with van der Waals surface area (Å²) in [4.78, 5) is 9.76. The Bertz CT molecular complexity index is 6800. The van der Waals surface area contributed by atoms with E-state index < -0.39 is 0 Å². The van der Waals surface area contributed by atoms with Gasteiger partial charge in [-0.3, -0.25) is 0 Å². The third kappa shape index (κ3) is 9.95. The zero-order valence-electron chi connectivity index (χ0n) is 61.5. The third-order valence-electron chi connectivity index (χ3n) is 24.1. The van der Waals surface area contributed by atoms with E-state index >= 15 is 0 Å². The molecule has 18 aromatic rings. The van der Waals surface area contributed by atoms with E-state index in [1.807, 2.05) is 0 Å². The van der Waals surface area contributed by atoms with E-state index in [0.29, 0.717) is 0 Å².